The number of carbonyl (C=O) groups excluding carboxylic acids is 1. The largest absolute Gasteiger partial charge is 0.306 e. The summed E-state index contributed by atoms with van der Waals surface area (Å²) in [5.41, 5.74) is 0.297. The number of carbonyl (C=O) groups is 1. The molecule has 0 spiro atoms. The van der Waals surface area contributed by atoms with Crippen LogP contribution in [0.2, 0.25) is 0 Å². The van der Waals surface area contributed by atoms with Crippen LogP contribution in [-0.4, -0.2) is 34.8 Å². The van der Waals surface area contributed by atoms with E-state index >= 15 is 0 Å². The van der Waals surface area contributed by atoms with Gasteiger partial charge in [-0.25, -0.2) is 4.68 Å². The van der Waals surface area contributed by atoms with Gasteiger partial charge in [0.1, 0.15) is 5.82 Å². The molecule has 1 aromatic heterocycles. The zero-order valence-electron chi connectivity index (χ0n) is 13.7. The summed E-state index contributed by atoms with van der Waals surface area (Å²) < 4.78 is 1.88. The van der Waals surface area contributed by atoms with Gasteiger partial charge in [-0.2, -0.15) is 5.10 Å². The lowest BCUT2D eigenvalue weighted by Crippen LogP contribution is -2.51. The third-order valence-corrected chi connectivity index (χ3v) is 3.97. The van der Waals surface area contributed by atoms with Crippen molar-refractivity contribution in [3.63, 3.8) is 0 Å². The summed E-state index contributed by atoms with van der Waals surface area (Å²) in [6.45, 7) is 11.2. The molecule has 1 aliphatic rings. The average molecular weight is 292 g/mol. The number of nitrogens with one attached hydrogen (secondary N) is 1. The molecule has 118 valence electrons. The van der Waals surface area contributed by atoms with Crippen LogP contribution in [0.4, 0.5) is 5.82 Å². The lowest BCUT2D eigenvalue weighted by Gasteiger charge is -2.33. The van der Waals surface area contributed by atoms with E-state index in [9.17, 15) is 4.79 Å². The zero-order valence-corrected chi connectivity index (χ0v) is 13.7. The van der Waals surface area contributed by atoms with Gasteiger partial charge >= 0.3 is 0 Å². The van der Waals surface area contributed by atoms with E-state index in [-0.39, 0.29) is 11.9 Å². The molecule has 0 saturated carbocycles. The number of hydrogen-bond acceptors (Lipinski definition) is 3. The molecule has 0 radical (unpaired) electrons. The fraction of sp³-hybridized carbons (Fsp3) is 0.750. The summed E-state index contributed by atoms with van der Waals surface area (Å²) in [6, 6.07) is 1.88. The van der Waals surface area contributed by atoms with Crippen molar-refractivity contribution in [2.45, 2.75) is 59.5 Å². The van der Waals surface area contributed by atoms with E-state index in [1.807, 2.05) is 22.6 Å². The normalized spacial score (nSPS) is 20.1. The van der Waals surface area contributed by atoms with Crippen LogP contribution in [0.3, 0.4) is 0 Å². The summed E-state index contributed by atoms with van der Waals surface area (Å²) in [4.78, 5) is 14.6. The second-order valence-corrected chi connectivity index (χ2v) is 6.95. The fourth-order valence-corrected chi connectivity index (χ4v) is 2.71. The molecule has 1 fully saturated rings. The predicted molar refractivity (Wildman–Crippen MR) is 85.4 cm³/mol. The van der Waals surface area contributed by atoms with E-state index in [4.69, 9.17) is 0 Å². The first-order valence-electron chi connectivity index (χ1n) is 7.99. The molecule has 0 aliphatic carbocycles. The van der Waals surface area contributed by atoms with E-state index in [1.54, 1.807) is 6.20 Å². The van der Waals surface area contributed by atoms with Gasteiger partial charge in [0.15, 0.2) is 0 Å². The van der Waals surface area contributed by atoms with E-state index < -0.39 is 0 Å². The first kappa shape index (κ1) is 16.0. The van der Waals surface area contributed by atoms with Gasteiger partial charge in [-0.05, 0) is 38.1 Å². The second-order valence-electron chi connectivity index (χ2n) is 6.95. The van der Waals surface area contributed by atoms with E-state index in [1.165, 1.54) is 0 Å². The van der Waals surface area contributed by atoms with Crippen molar-refractivity contribution in [2.24, 2.45) is 5.41 Å². The molecule has 2 heterocycles. The average Bonchev–Trinajstić information content (AvgIpc) is 2.87. The topological polar surface area (TPSA) is 50.2 Å². The quantitative estimate of drug-likeness (QED) is 0.907. The van der Waals surface area contributed by atoms with Crippen molar-refractivity contribution >= 4 is 11.7 Å². The Morgan fingerprint density at radius 3 is 2.86 bits per heavy atom. The Morgan fingerprint density at radius 1 is 1.43 bits per heavy atom. The monoisotopic (exact) mass is 292 g/mol. The molecule has 1 amide bonds. The van der Waals surface area contributed by atoms with Crippen molar-refractivity contribution in [1.29, 1.82) is 0 Å². The number of anilines is 1. The Bertz CT molecular complexity index is 475. The van der Waals surface area contributed by atoms with Crippen molar-refractivity contribution in [1.82, 2.24) is 15.1 Å². The van der Waals surface area contributed by atoms with Crippen LogP contribution in [0.1, 0.15) is 47.0 Å². The Kier molecular flexibility index (Phi) is 5.04. The van der Waals surface area contributed by atoms with Crippen LogP contribution >= 0.6 is 0 Å². The molecule has 5 heteroatoms. The van der Waals surface area contributed by atoms with Gasteiger partial charge in [0.05, 0.1) is 12.2 Å². The zero-order chi connectivity index (χ0) is 15.5. The Balaban J connectivity index is 1.98. The van der Waals surface area contributed by atoms with Crippen LogP contribution in [-0.2, 0) is 11.3 Å². The summed E-state index contributed by atoms with van der Waals surface area (Å²) in [6.07, 6.45) is 4.81. The van der Waals surface area contributed by atoms with Gasteiger partial charge < -0.3 is 5.32 Å². The number of rotatable bonds is 5. The SMILES string of the molecule is CCn1nccc1N1CCC[C@H](NCCC(C)(C)C)C1=O. The van der Waals surface area contributed by atoms with Crippen LogP contribution < -0.4 is 10.2 Å². The van der Waals surface area contributed by atoms with Crippen molar-refractivity contribution in [2.75, 3.05) is 18.0 Å². The second kappa shape index (κ2) is 6.60. The molecular weight excluding hydrogens is 264 g/mol. The highest BCUT2D eigenvalue weighted by molar-refractivity contribution is 5.97. The third-order valence-electron chi connectivity index (χ3n) is 3.97. The highest BCUT2D eigenvalue weighted by Crippen LogP contribution is 2.22. The molecular formula is C16H28N4O. The van der Waals surface area contributed by atoms with Gasteiger partial charge in [-0.3, -0.25) is 9.69 Å². The number of aromatic nitrogens is 2. The van der Waals surface area contributed by atoms with Crippen LogP contribution in [0, 0.1) is 5.41 Å². The first-order valence-corrected chi connectivity index (χ1v) is 7.99. The molecule has 0 unspecified atom stereocenters. The maximum atomic E-state index is 12.7. The molecule has 21 heavy (non-hydrogen) atoms. The summed E-state index contributed by atoms with van der Waals surface area (Å²) in [7, 11) is 0. The molecule has 1 N–H and O–H groups in total. The van der Waals surface area contributed by atoms with E-state index in [0.29, 0.717) is 5.41 Å². The third kappa shape index (κ3) is 4.06. The van der Waals surface area contributed by atoms with E-state index in [0.717, 1.165) is 44.7 Å². The number of amides is 1. The van der Waals surface area contributed by atoms with Crippen LogP contribution in [0.25, 0.3) is 0 Å². The molecule has 1 atom stereocenters. The lowest BCUT2D eigenvalue weighted by molar-refractivity contribution is -0.121. The van der Waals surface area contributed by atoms with Gasteiger partial charge in [-0.15, -0.1) is 0 Å². The van der Waals surface area contributed by atoms with Gasteiger partial charge in [-0.1, -0.05) is 20.8 Å². The number of hydrogen-bond donors (Lipinski definition) is 1. The molecule has 1 saturated heterocycles. The smallest absolute Gasteiger partial charge is 0.245 e. The van der Waals surface area contributed by atoms with Gasteiger partial charge in [0.25, 0.3) is 0 Å². The predicted octanol–water partition coefficient (Wildman–Crippen LogP) is 2.42. The lowest BCUT2D eigenvalue weighted by atomic mass is 9.92. The highest BCUT2D eigenvalue weighted by Gasteiger charge is 2.30. The first-order chi connectivity index (χ1) is 9.92. The minimum absolute atomic E-state index is 0.0543. The standard InChI is InChI=1S/C16H28N4O/c1-5-20-14(8-10-18-20)19-12-6-7-13(15(19)21)17-11-9-16(2,3)4/h8,10,13,17H,5-7,9,11-12H2,1-4H3/t13-/m0/s1. The minimum Gasteiger partial charge on any atom is -0.306 e. The molecule has 0 bridgehead atoms. The van der Waals surface area contributed by atoms with E-state index in [2.05, 4.69) is 31.2 Å². The number of aryl methyl sites for hydroxylation is 1. The summed E-state index contributed by atoms with van der Waals surface area (Å²) in [5, 5.41) is 7.70. The number of nitrogens with zero attached hydrogens (tertiary/aromatic N) is 3. The van der Waals surface area contributed by atoms with Crippen molar-refractivity contribution < 1.29 is 4.79 Å². The molecule has 1 aromatic rings. The Hall–Kier alpha value is -1.36. The maximum absolute atomic E-state index is 12.7. The summed E-state index contributed by atoms with van der Waals surface area (Å²) >= 11 is 0. The van der Waals surface area contributed by atoms with Gasteiger partial charge in [0, 0.05) is 19.2 Å². The molecule has 0 aromatic carbocycles. The Labute approximate surface area is 127 Å². The summed E-state index contributed by atoms with van der Waals surface area (Å²) in [5.74, 6) is 1.11. The van der Waals surface area contributed by atoms with Gasteiger partial charge in [0.2, 0.25) is 5.91 Å². The maximum Gasteiger partial charge on any atom is 0.245 e. The van der Waals surface area contributed by atoms with Crippen molar-refractivity contribution in [3.05, 3.63) is 12.3 Å². The fourth-order valence-electron chi connectivity index (χ4n) is 2.71. The van der Waals surface area contributed by atoms with Crippen LogP contribution in [0.5, 0.6) is 0 Å². The Morgan fingerprint density at radius 2 is 2.19 bits per heavy atom. The van der Waals surface area contributed by atoms with Crippen molar-refractivity contribution in [3.8, 4) is 0 Å². The number of piperidine rings is 1. The minimum atomic E-state index is -0.0543. The molecule has 5 nitrogen and oxygen atoms in total. The highest BCUT2D eigenvalue weighted by atomic mass is 16.2. The molecule has 1 aliphatic heterocycles. The van der Waals surface area contributed by atoms with Crippen LogP contribution in [0.15, 0.2) is 12.3 Å². The molecule has 2 rings (SSSR count).